The van der Waals surface area contributed by atoms with Crippen molar-refractivity contribution in [2.75, 3.05) is 50.9 Å². The lowest BCUT2D eigenvalue weighted by molar-refractivity contribution is 0.197. The van der Waals surface area contributed by atoms with E-state index in [0.29, 0.717) is 12.1 Å². The fraction of sp³-hybridized carbons (Fsp3) is 0.667. The molecule has 0 bridgehead atoms. The summed E-state index contributed by atoms with van der Waals surface area (Å²) in [6.45, 7) is 7.67. The predicted molar refractivity (Wildman–Crippen MR) is 135 cm³/mol. The summed E-state index contributed by atoms with van der Waals surface area (Å²) < 4.78 is 0. The molecule has 3 atom stereocenters. The minimum absolute atomic E-state index is 0. The van der Waals surface area contributed by atoms with Gasteiger partial charge in [0, 0.05) is 62.8 Å². The third-order valence-electron chi connectivity index (χ3n) is 5.91. The van der Waals surface area contributed by atoms with Crippen LogP contribution in [0.25, 0.3) is 0 Å². The van der Waals surface area contributed by atoms with E-state index in [9.17, 15) is 0 Å². The lowest BCUT2D eigenvalue weighted by Gasteiger charge is -2.39. The average Bonchev–Trinajstić information content (AvgIpc) is 3.19. The fourth-order valence-corrected chi connectivity index (χ4v) is 4.90. The zero-order valence-corrected chi connectivity index (χ0v) is 20.6. The molecule has 3 rings (SSSR count). The number of thioether (sulfide) groups is 1. The molecule has 3 unspecified atom stereocenters. The van der Waals surface area contributed by atoms with Gasteiger partial charge in [-0.2, -0.15) is 11.8 Å². The van der Waals surface area contributed by atoms with Gasteiger partial charge in [-0.05, 0) is 44.6 Å². The molecule has 5 nitrogen and oxygen atoms in total. The van der Waals surface area contributed by atoms with E-state index in [0.717, 1.165) is 43.9 Å². The van der Waals surface area contributed by atoms with Gasteiger partial charge in [-0.15, -0.1) is 24.0 Å². The molecule has 0 amide bonds. The SMILES string of the molecule is CN=C(NCC(C)N1CCN(c2ccccc2)CC1)NC1CCC(SC)C1.I. The van der Waals surface area contributed by atoms with Gasteiger partial charge in [0.25, 0.3) is 0 Å². The number of benzene rings is 1. The Morgan fingerprint density at radius 2 is 1.89 bits per heavy atom. The van der Waals surface area contributed by atoms with Crippen LogP contribution in [0.15, 0.2) is 35.3 Å². The fourth-order valence-electron chi connectivity index (χ4n) is 4.11. The Morgan fingerprint density at radius 3 is 2.50 bits per heavy atom. The molecular weight excluding hydrogens is 481 g/mol. The molecule has 0 aromatic heterocycles. The number of aliphatic imine (C=N–C) groups is 1. The summed E-state index contributed by atoms with van der Waals surface area (Å²) in [5, 5.41) is 7.97. The van der Waals surface area contributed by atoms with Crippen molar-refractivity contribution in [3.05, 3.63) is 30.3 Å². The zero-order valence-electron chi connectivity index (χ0n) is 17.4. The Morgan fingerprint density at radius 1 is 1.18 bits per heavy atom. The first-order chi connectivity index (χ1) is 13.2. The van der Waals surface area contributed by atoms with Crippen molar-refractivity contribution in [3.63, 3.8) is 0 Å². The van der Waals surface area contributed by atoms with Gasteiger partial charge in [-0.25, -0.2) is 0 Å². The van der Waals surface area contributed by atoms with Gasteiger partial charge in [0.2, 0.25) is 0 Å². The highest BCUT2D eigenvalue weighted by atomic mass is 127. The highest BCUT2D eigenvalue weighted by Gasteiger charge is 2.25. The second-order valence-electron chi connectivity index (χ2n) is 7.67. The standard InChI is InChI=1S/C21H35N5S.HI/c1-17(16-23-21(22-2)24-18-9-10-20(15-18)27-3)25-11-13-26(14-12-25)19-7-5-4-6-8-19;/h4-8,17-18,20H,9-16H2,1-3H3,(H2,22,23,24);1H. The van der Waals surface area contributed by atoms with Crippen molar-refractivity contribution in [3.8, 4) is 0 Å². The molecule has 0 radical (unpaired) electrons. The molecular formula is C21H36IN5S. The number of nitrogens with zero attached hydrogens (tertiary/aromatic N) is 3. The summed E-state index contributed by atoms with van der Waals surface area (Å²) >= 11 is 2.00. The van der Waals surface area contributed by atoms with Gasteiger partial charge in [-0.3, -0.25) is 9.89 Å². The van der Waals surface area contributed by atoms with Crippen LogP contribution in [0.1, 0.15) is 26.2 Å². The monoisotopic (exact) mass is 517 g/mol. The van der Waals surface area contributed by atoms with Gasteiger partial charge >= 0.3 is 0 Å². The maximum atomic E-state index is 4.43. The lowest BCUT2D eigenvalue weighted by atomic mass is 10.2. The molecule has 1 aromatic carbocycles. The average molecular weight is 518 g/mol. The van der Waals surface area contributed by atoms with Crippen molar-refractivity contribution in [2.24, 2.45) is 4.99 Å². The molecule has 28 heavy (non-hydrogen) atoms. The summed E-state index contributed by atoms with van der Waals surface area (Å²) in [5.74, 6) is 0.955. The Hall–Kier alpha value is -0.670. The van der Waals surface area contributed by atoms with Crippen molar-refractivity contribution in [1.29, 1.82) is 0 Å². The van der Waals surface area contributed by atoms with Crippen LogP contribution >= 0.6 is 35.7 Å². The zero-order chi connectivity index (χ0) is 19.1. The summed E-state index contributed by atoms with van der Waals surface area (Å²) in [7, 11) is 1.87. The number of guanidine groups is 1. The van der Waals surface area contributed by atoms with Crippen LogP contribution in [0.3, 0.4) is 0 Å². The van der Waals surface area contributed by atoms with E-state index >= 15 is 0 Å². The van der Waals surface area contributed by atoms with E-state index in [-0.39, 0.29) is 24.0 Å². The van der Waals surface area contributed by atoms with Crippen molar-refractivity contribution < 1.29 is 0 Å². The summed E-state index contributed by atoms with van der Waals surface area (Å²) in [6, 6.07) is 11.8. The number of rotatable bonds is 6. The van der Waals surface area contributed by atoms with Gasteiger partial charge < -0.3 is 15.5 Å². The largest absolute Gasteiger partial charge is 0.369 e. The van der Waals surface area contributed by atoms with Crippen molar-refractivity contribution >= 4 is 47.4 Å². The molecule has 1 aromatic rings. The van der Waals surface area contributed by atoms with E-state index in [2.05, 4.69) is 68.9 Å². The summed E-state index contributed by atoms with van der Waals surface area (Å²) in [6.07, 6.45) is 6.04. The van der Waals surface area contributed by atoms with Gasteiger partial charge in [0.05, 0.1) is 0 Å². The van der Waals surface area contributed by atoms with Crippen LogP contribution in [0, 0.1) is 0 Å². The number of hydrogen-bond donors (Lipinski definition) is 2. The second-order valence-corrected chi connectivity index (χ2v) is 8.81. The Labute approximate surface area is 192 Å². The maximum absolute atomic E-state index is 4.43. The van der Waals surface area contributed by atoms with Gasteiger partial charge in [-0.1, -0.05) is 18.2 Å². The van der Waals surface area contributed by atoms with Crippen LogP contribution in [-0.4, -0.2) is 74.2 Å². The van der Waals surface area contributed by atoms with Gasteiger partial charge in [0.1, 0.15) is 0 Å². The van der Waals surface area contributed by atoms with Crippen LogP contribution in [0.4, 0.5) is 5.69 Å². The molecule has 1 saturated heterocycles. The third kappa shape index (κ3) is 6.69. The van der Waals surface area contributed by atoms with E-state index in [4.69, 9.17) is 0 Å². The van der Waals surface area contributed by atoms with Gasteiger partial charge in [0.15, 0.2) is 5.96 Å². The molecule has 7 heteroatoms. The number of piperazine rings is 1. The van der Waals surface area contributed by atoms with E-state index in [1.807, 2.05) is 18.8 Å². The number of halogens is 1. The minimum atomic E-state index is 0. The third-order valence-corrected chi connectivity index (χ3v) is 7.00. The first kappa shape index (κ1) is 23.6. The highest BCUT2D eigenvalue weighted by Crippen LogP contribution is 2.28. The molecule has 1 saturated carbocycles. The van der Waals surface area contributed by atoms with E-state index < -0.39 is 0 Å². The molecule has 1 aliphatic carbocycles. The summed E-state index contributed by atoms with van der Waals surface area (Å²) in [4.78, 5) is 9.50. The topological polar surface area (TPSA) is 42.9 Å². The first-order valence-electron chi connectivity index (χ1n) is 10.2. The molecule has 158 valence electrons. The normalized spacial score (nSPS) is 24.5. The number of anilines is 1. The summed E-state index contributed by atoms with van der Waals surface area (Å²) in [5.41, 5.74) is 1.34. The quantitative estimate of drug-likeness (QED) is 0.345. The Bertz CT molecular complexity index is 592. The van der Waals surface area contributed by atoms with E-state index in [1.165, 1.54) is 24.9 Å². The minimum Gasteiger partial charge on any atom is -0.369 e. The molecule has 2 N–H and O–H groups in total. The highest BCUT2D eigenvalue weighted by molar-refractivity contribution is 14.0. The smallest absolute Gasteiger partial charge is 0.191 e. The molecule has 2 fully saturated rings. The van der Waals surface area contributed by atoms with Crippen LogP contribution in [0.2, 0.25) is 0 Å². The maximum Gasteiger partial charge on any atom is 0.191 e. The van der Waals surface area contributed by atoms with Crippen LogP contribution < -0.4 is 15.5 Å². The lowest BCUT2D eigenvalue weighted by Crippen LogP contribution is -2.53. The number of para-hydroxylation sites is 1. The molecule has 1 aliphatic heterocycles. The Balaban J connectivity index is 0.00000280. The van der Waals surface area contributed by atoms with Crippen molar-refractivity contribution in [1.82, 2.24) is 15.5 Å². The number of hydrogen-bond acceptors (Lipinski definition) is 4. The van der Waals surface area contributed by atoms with E-state index in [1.54, 1.807) is 0 Å². The molecule has 0 spiro atoms. The Kier molecular flexibility index (Phi) is 10.2. The predicted octanol–water partition coefficient (Wildman–Crippen LogP) is 3.26. The molecule has 2 aliphatic rings. The van der Waals surface area contributed by atoms with Crippen LogP contribution in [-0.2, 0) is 0 Å². The second kappa shape index (κ2) is 12.1. The number of nitrogens with one attached hydrogen (secondary N) is 2. The van der Waals surface area contributed by atoms with Crippen LogP contribution in [0.5, 0.6) is 0 Å². The first-order valence-corrected chi connectivity index (χ1v) is 11.5. The van der Waals surface area contributed by atoms with Crippen molar-refractivity contribution in [2.45, 2.75) is 43.5 Å². The molecule has 1 heterocycles.